The molecule has 0 radical (unpaired) electrons. The SMILES string of the molecule is CS(=O)(=O)c1ccc(COc2cccc3c2N=C(NC(=O)c2cccnc2)N2CCN=C32)cc1. The summed E-state index contributed by atoms with van der Waals surface area (Å²) in [6.45, 7) is 1.43. The number of guanidine groups is 1. The van der Waals surface area contributed by atoms with Gasteiger partial charge in [0.1, 0.15) is 23.9 Å². The Labute approximate surface area is 196 Å². The van der Waals surface area contributed by atoms with Gasteiger partial charge in [-0.25, -0.2) is 13.4 Å². The molecule has 2 aliphatic rings. The van der Waals surface area contributed by atoms with Gasteiger partial charge in [-0.3, -0.25) is 25.0 Å². The van der Waals surface area contributed by atoms with Gasteiger partial charge in [-0.2, -0.15) is 0 Å². The first-order valence-electron chi connectivity index (χ1n) is 10.6. The maximum absolute atomic E-state index is 12.7. The number of amidine groups is 1. The third kappa shape index (κ3) is 4.27. The van der Waals surface area contributed by atoms with Crippen molar-refractivity contribution in [1.82, 2.24) is 15.2 Å². The zero-order valence-corrected chi connectivity index (χ0v) is 19.1. The number of amides is 1. The van der Waals surface area contributed by atoms with Crippen molar-refractivity contribution in [2.75, 3.05) is 19.3 Å². The van der Waals surface area contributed by atoms with Crippen LogP contribution in [0, 0.1) is 0 Å². The summed E-state index contributed by atoms with van der Waals surface area (Å²) in [5, 5.41) is 2.87. The van der Waals surface area contributed by atoms with E-state index in [1.165, 1.54) is 12.5 Å². The molecule has 0 atom stereocenters. The highest BCUT2D eigenvalue weighted by Gasteiger charge is 2.32. The molecule has 0 aliphatic carbocycles. The number of hydrogen-bond acceptors (Lipinski definition) is 8. The average Bonchev–Trinajstić information content (AvgIpc) is 3.34. The number of nitrogens with zero attached hydrogens (tertiary/aromatic N) is 4. The molecule has 0 bridgehead atoms. The van der Waals surface area contributed by atoms with Crippen LogP contribution in [0.2, 0.25) is 0 Å². The quantitative estimate of drug-likeness (QED) is 0.607. The van der Waals surface area contributed by atoms with Crippen molar-refractivity contribution < 1.29 is 17.9 Å². The van der Waals surface area contributed by atoms with Crippen molar-refractivity contribution in [3.63, 3.8) is 0 Å². The van der Waals surface area contributed by atoms with Gasteiger partial charge in [-0.15, -0.1) is 0 Å². The van der Waals surface area contributed by atoms with E-state index in [1.807, 2.05) is 17.0 Å². The molecule has 3 aromatic rings. The van der Waals surface area contributed by atoms with Crippen LogP contribution in [0.5, 0.6) is 5.75 Å². The van der Waals surface area contributed by atoms with E-state index in [0.29, 0.717) is 36.0 Å². The molecular weight excluding hydrogens is 454 g/mol. The number of para-hydroxylation sites is 1. The number of aliphatic imine (C=N–C) groups is 2. The highest BCUT2D eigenvalue weighted by molar-refractivity contribution is 7.90. The van der Waals surface area contributed by atoms with Crippen LogP contribution in [0.15, 0.2) is 81.9 Å². The van der Waals surface area contributed by atoms with E-state index in [4.69, 9.17) is 9.73 Å². The molecule has 1 amide bonds. The van der Waals surface area contributed by atoms with Crippen LogP contribution in [0.1, 0.15) is 21.5 Å². The second-order valence-electron chi connectivity index (χ2n) is 7.85. The number of sulfone groups is 1. The van der Waals surface area contributed by atoms with E-state index >= 15 is 0 Å². The van der Waals surface area contributed by atoms with Crippen molar-refractivity contribution in [3.8, 4) is 5.75 Å². The molecule has 172 valence electrons. The number of pyridine rings is 1. The van der Waals surface area contributed by atoms with Gasteiger partial charge in [0, 0.05) is 30.8 Å². The topological polar surface area (TPSA) is 113 Å². The summed E-state index contributed by atoms with van der Waals surface area (Å²) in [5.41, 5.74) is 2.64. The lowest BCUT2D eigenvalue weighted by Crippen LogP contribution is -2.47. The lowest BCUT2D eigenvalue weighted by molar-refractivity contribution is 0.0973. The zero-order chi connectivity index (χ0) is 23.7. The van der Waals surface area contributed by atoms with E-state index in [9.17, 15) is 13.2 Å². The largest absolute Gasteiger partial charge is 0.487 e. The van der Waals surface area contributed by atoms with Gasteiger partial charge >= 0.3 is 0 Å². The number of ether oxygens (including phenoxy) is 1. The molecule has 5 rings (SSSR count). The number of carbonyl (C=O) groups excluding carboxylic acids is 1. The number of nitrogens with one attached hydrogen (secondary N) is 1. The third-order valence-corrected chi connectivity index (χ3v) is 6.58. The minimum absolute atomic E-state index is 0.226. The molecule has 10 heteroatoms. The fourth-order valence-corrected chi connectivity index (χ4v) is 4.38. The monoisotopic (exact) mass is 475 g/mol. The maximum Gasteiger partial charge on any atom is 0.259 e. The summed E-state index contributed by atoms with van der Waals surface area (Å²) < 4.78 is 29.4. The molecule has 9 nitrogen and oxygen atoms in total. The molecule has 3 heterocycles. The van der Waals surface area contributed by atoms with Crippen LogP contribution >= 0.6 is 0 Å². The smallest absolute Gasteiger partial charge is 0.259 e. The average molecular weight is 476 g/mol. The van der Waals surface area contributed by atoms with Crippen molar-refractivity contribution in [3.05, 3.63) is 83.7 Å². The Bertz CT molecular complexity index is 1420. The Morgan fingerprint density at radius 3 is 2.68 bits per heavy atom. The molecule has 34 heavy (non-hydrogen) atoms. The van der Waals surface area contributed by atoms with Gasteiger partial charge in [0.15, 0.2) is 9.84 Å². The standard InChI is InChI=1S/C24H21N5O4S/c1-34(31,32)18-9-7-16(8-10-18)15-33-20-6-2-5-19-21(20)27-24(29-13-12-26-22(19)29)28-23(30)17-4-3-11-25-14-17/h2-11,14H,12-13,15H2,1H3,(H,27,28,30). The summed E-state index contributed by atoms with van der Waals surface area (Å²) >= 11 is 0. The molecule has 0 saturated carbocycles. The van der Waals surface area contributed by atoms with Crippen LogP contribution in [0.3, 0.4) is 0 Å². The van der Waals surface area contributed by atoms with Crippen LogP contribution in [0.25, 0.3) is 0 Å². The number of fused-ring (bicyclic) bond motifs is 3. The molecule has 1 N–H and O–H groups in total. The van der Waals surface area contributed by atoms with E-state index in [1.54, 1.807) is 48.7 Å². The highest BCUT2D eigenvalue weighted by Crippen LogP contribution is 2.37. The molecular formula is C24H21N5O4S. The summed E-state index contributed by atoms with van der Waals surface area (Å²) in [7, 11) is -3.26. The number of rotatable bonds is 5. The fourth-order valence-electron chi connectivity index (χ4n) is 3.74. The van der Waals surface area contributed by atoms with Gasteiger partial charge in [0.05, 0.1) is 17.0 Å². The van der Waals surface area contributed by atoms with Crippen LogP contribution in [-0.4, -0.2) is 55.3 Å². The van der Waals surface area contributed by atoms with E-state index < -0.39 is 9.84 Å². The molecule has 0 fully saturated rings. The number of hydrogen-bond donors (Lipinski definition) is 1. The predicted molar refractivity (Wildman–Crippen MR) is 127 cm³/mol. The lowest BCUT2D eigenvalue weighted by atomic mass is 10.1. The Morgan fingerprint density at radius 1 is 1.12 bits per heavy atom. The first kappa shape index (κ1) is 21.8. The number of aromatic nitrogens is 1. The van der Waals surface area contributed by atoms with Crippen LogP contribution in [0.4, 0.5) is 5.69 Å². The van der Waals surface area contributed by atoms with Gasteiger partial charge in [-0.05, 0) is 42.0 Å². The van der Waals surface area contributed by atoms with E-state index in [2.05, 4.69) is 15.3 Å². The minimum atomic E-state index is -3.26. The van der Waals surface area contributed by atoms with E-state index in [0.717, 1.165) is 17.0 Å². The molecule has 0 saturated heterocycles. The fraction of sp³-hybridized carbons (Fsp3) is 0.167. The van der Waals surface area contributed by atoms with Crippen molar-refractivity contribution in [2.45, 2.75) is 11.5 Å². The molecule has 0 spiro atoms. The number of carbonyl (C=O) groups is 1. The minimum Gasteiger partial charge on any atom is -0.487 e. The molecule has 2 aliphatic heterocycles. The normalized spacial score (nSPS) is 14.6. The Balaban J connectivity index is 1.42. The van der Waals surface area contributed by atoms with Gasteiger partial charge in [0.25, 0.3) is 5.91 Å². The lowest BCUT2D eigenvalue weighted by Gasteiger charge is -2.28. The summed E-state index contributed by atoms with van der Waals surface area (Å²) in [6, 6.07) is 15.5. The van der Waals surface area contributed by atoms with Crippen molar-refractivity contribution in [2.24, 2.45) is 9.98 Å². The van der Waals surface area contributed by atoms with Crippen LogP contribution in [-0.2, 0) is 16.4 Å². The van der Waals surface area contributed by atoms with Crippen LogP contribution < -0.4 is 10.1 Å². The second-order valence-corrected chi connectivity index (χ2v) is 9.86. The first-order chi connectivity index (χ1) is 16.4. The summed E-state index contributed by atoms with van der Waals surface area (Å²) in [5.74, 6) is 1.33. The first-order valence-corrected chi connectivity index (χ1v) is 12.5. The highest BCUT2D eigenvalue weighted by atomic mass is 32.2. The van der Waals surface area contributed by atoms with Crippen molar-refractivity contribution in [1.29, 1.82) is 0 Å². The van der Waals surface area contributed by atoms with Gasteiger partial charge < -0.3 is 4.74 Å². The Kier molecular flexibility index (Phi) is 5.58. The maximum atomic E-state index is 12.7. The molecule has 2 aromatic carbocycles. The second kappa shape index (κ2) is 8.71. The third-order valence-electron chi connectivity index (χ3n) is 5.45. The van der Waals surface area contributed by atoms with E-state index in [-0.39, 0.29) is 17.4 Å². The number of benzene rings is 2. The summed E-state index contributed by atoms with van der Waals surface area (Å²) in [6.07, 6.45) is 4.27. The summed E-state index contributed by atoms with van der Waals surface area (Å²) in [4.78, 5) is 28.2. The van der Waals surface area contributed by atoms with Crippen molar-refractivity contribution >= 4 is 33.2 Å². The van der Waals surface area contributed by atoms with Gasteiger partial charge in [-0.1, -0.05) is 18.2 Å². The predicted octanol–water partition coefficient (Wildman–Crippen LogP) is 2.56. The Hall–Kier alpha value is -4.05. The molecule has 0 unspecified atom stereocenters. The zero-order valence-electron chi connectivity index (χ0n) is 18.3. The molecule has 1 aromatic heterocycles. The Morgan fingerprint density at radius 2 is 1.94 bits per heavy atom. The van der Waals surface area contributed by atoms with Gasteiger partial charge in [0.2, 0.25) is 5.96 Å².